The van der Waals surface area contributed by atoms with Gasteiger partial charge in [-0.1, -0.05) is 94.6 Å². The van der Waals surface area contributed by atoms with Crippen molar-refractivity contribution in [1.29, 1.82) is 0 Å². The summed E-state index contributed by atoms with van der Waals surface area (Å²) >= 11 is 0. The number of carbonyl (C=O) groups is 2. The molecule has 0 spiro atoms. The van der Waals surface area contributed by atoms with Crippen LogP contribution in [0.25, 0.3) is 22.5 Å². The normalized spacial score (nSPS) is 12.3. The zero-order valence-electron chi connectivity index (χ0n) is 42.1. The first-order valence-corrected chi connectivity index (χ1v) is 24.6. The number of carboxylic acids is 2. The zero-order chi connectivity index (χ0) is 53.3. The highest BCUT2D eigenvalue weighted by molar-refractivity contribution is 5.68. The van der Waals surface area contributed by atoms with Crippen molar-refractivity contribution in [2.45, 2.75) is 136 Å². The van der Waals surface area contributed by atoms with E-state index in [1.54, 1.807) is 19.2 Å². The fourth-order valence-corrected chi connectivity index (χ4v) is 8.32. The maximum absolute atomic E-state index is 13.0. The monoisotopic (exact) mass is 1010 g/mol. The molecule has 0 radical (unpaired) electrons. The molecule has 15 heteroatoms. The number of unbranched alkanes of at least 4 members (excludes halogenated alkanes) is 2. The number of hydrogen-bond donors (Lipinski definition) is 2. The van der Waals surface area contributed by atoms with Gasteiger partial charge in [0.25, 0.3) is 0 Å². The highest BCUT2D eigenvalue weighted by atomic mass is 19.4. The molecule has 6 rings (SSSR count). The number of pyridine rings is 2. The van der Waals surface area contributed by atoms with Crippen LogP contribution in [0.4, 0.5) is 26.3 Å². The number of nitrogens with zero attached hydrogens (tertiary/aromatic N) is 2. The Kier molecular flexibility index (Phi) is 20.8. The number of rotatable bonds is 23. The quantitative estimate of drug-likeness (QED) is 0.0603. The minimum atomic E-state index is -4.40. The third-order valence-electron chi connectivity index (χ3n) is 12.1. The summed E-state index contributed by atoms with van der Waals surface area (Å²) in [6, 6.07) is 28.6. The highest BCUT2D eigenvalue weighted by Gasteiger charge is 2.31. The Hall–Kier alpha value is -6.90. The summed E-state index contributed by atoms with van der Waals surface area (Å²) in [6.07, 6.45) is -1.83. The van der Waals surface area contributed by atoms with Crippen LogP contribution in [0.1, 0.15) is 141 Å². The third kappa shape index (κ3) is 16.8. The molecule has 4 aromatic carbocycles. The first kappa shape index (κ1) is 57.0. The molecule has 2 heterocycles. The SMILES string of the molecule is CCCCC(Oc1c(C)cc(CCC(=O)O)cc1C)c1cccc(-c2ccc(C(F)(F)F)cc2)n1.CCCCC(Oc1c(CCC)cc(CCC(=O)O)cc1OC)c1cccc(-c2ccc(C(F)(F)F)cc2)n1. The molecule has 2 atom stereocenters. The van der Waals surface area contributed by atoms with Crippen molar-refractivity contribution in [2.24, 2.45) is 0 Å². The molecule has 0 fully saturated rings. The number of aliphatic carboxylic acids is 2. The Bertz CT molecular complexity index is 2720. The minimum Gasteiger partial charge on any atom is -0.493 e. The summed E-state index contributed by atoms with van der Waals surface area (Å²) in [5.74, 6) is 0.194. The van der Waals surface area contributed by atoms with Gasteiger partial charge >= 0.3 is 24.3 Å². The largest absolute Gasteiger partial charge is 0.493 e. The number of benzene rings is 4. The maximum Gasteiger partial charge on any atom is 0.416 e. The Balaban J connectivity index is 0.000000272. The number of hydrogen-bond acceptors (Lipinski definition) is 7. The topological polar surface area (TPSA) is 128 Å². The second-order valence-corrected chi connectivity index (χ2v) is 17.9. The second-order valence-electron chi connectivity index (χ2n) is 17.9. The molecule has 0 aliphatic rings. The van der Waals surface area contributed by atoms with Crippen molar-refractivity contribution in [2.75, 3.05) is 7.11 Å². The molecule has 0 saturated heterocycles. The van der Waals surface area contributed by atoms with E-state index in [0.717, 1.165) is 103 Å². The van der Waals surface area contributed by atoms with Crippen LogP contribution in [0.2, 0.25) is 0 Å². The molecule has 0 aliphatic carbocycles. The second kappa shape index (κ2) is 26.7. The van der Waals surface area contributed by atoms with Crippen molar-refractivity contribution in [1.82, 2.24) is 9.97 Å². The number of halogens is 6. The average Bonchev–Trinajstić information content (AvgIpc) is 3.36. The summed E-state index contributed by atoms with van der Waals surface area (Å²) < 4.78 is 96.5. The molecule has 2 unspecified atom stereocenters. The summed E-state index contributed by atoms with van der Waals surface area (Å²) in [5.41, 5.74) is 6.91. The Labute approximate surface area is 423 Å². The van der Waals surface area contributed by atoms with E-state index in [0.29, 0.717) is 64.7 Å². The van der Waals surface area contributed by atoms with Crippen LogP contribution in [-0.4, -0.2) is 39.2 Å². The van der Waals surface area contributed by atoms with E-state index in [9.17, 15) is 35.9 Å². The van der Waals surface area contributed by atoms with Gasteiger partial charge in [0.05, 0.1) is 41.0 Å². The van der Waals surface area contributed by atoms with Crippen molar-refractivity contribution < 1.29 is 60.4 Å². The fourth-order valence-electron chi connectivity index (χ4n) is 8.32. The van der Waals surface area contributed by atoms with Crippen LogP contribution in [0.5, 0.6) is 17.2 Å². The van der Waals surface area contributed by atoms with E-state index < -0.39 is 41.5 Å². The van der Waals surface area contributed by atoms with Gasteiger partial charge < -0.3 is 24.4 Å². The standard InChI is InChI=1S/C30H34F3NO4.C28H30F3NO3/c1-4-6-11-26(25-10-7-9-24(34-25)21-13-15-23(16-14-21)30(31,32)33)38-29-22(8-5-2)18-20(12-17-28(35)36)19-27(29)37-3;1-4-5-9-25(35-27-18(2)16-20(17-19(27)3)10-15-26(33)34)24-8-6-7-23(32-24)21-11-13-22(14-12-21)28(29,30)31/h7,9-10,13-16,18-19,26H,4-6,8,11-12,17H2,1-3H3,(H,35,36);6-8,11-14,16-17,25H,4-5,9-10,15H2,1-3H3,(H,33,34). The molecule has 0 amide bonds. The van der Waals surface area contributed by atoms with Crippen LogP contribution < -0.4 is 14.2 Å². The Morgan fingerprint density at radius 3 is 1.37 bits per heavy atom. The first-order valence-electron chi connectivity index (χ1n) is 24.6. The lowest BCUT2D eigenvalue weighted by molar-refractivity contribution is -0.138. The molecule has 2 aromatic heterocycles. The van der Waals surface area contributed by atoms with Gasteiger partial charge in [-0.3, -0.25) is 9.59 Å². The van der Waals surface area contributed by atoms with Gasteiger partial charge in [0, 0.05) is 24.0 Å². The van der Waals surface area contributed by atoms with Crippen LogP contribution in [0, 0.1) is 13.8 Å². The van der Waals surface area contributed by atoms with E-state index in [4.69, 9.17) is 34.4 Å². The van der Waals surface area contributed by atoms with Crippen molar-refractivity contribution in [3.05, 3.63) is 160 Å². The zero-order valence-corrected chi connectivity index (χ0v) is 42.1. The summed E-state index contributed by atoms with van der Waals surface area (Å²) in [6.45, 7) is 10.1. The number of aromatic nitrogens is 2. The number of alkyl halides is 6. The molecule has 9 nitrogen and oxygen atoms in total. The van der Waals surface area contributed by atoms with E-state index in [-0.39, 0.29) is 18.9 Å². The van der Waals surface area contributed by atoms with Gasteiger partial charge in [0.2, 0.25) is 0 Å². The molecule has 2 N–H and O–H groups in total. The predicted molar refractivity (Wildman–Crippen MR) is 270 cm³/mol. The molecular weight excluding hydrogens is 951 g/mol. The van der Waals surface area contributed by atoms with Crippen molar-refractivity contribution in [3.8, 4) is 39.8 Å². The maximum atomic E-state index is 13.0. The molecule has 0 saturated carbocycles. The van der Waals surface area contributed by atoms with Gasteiger partial charge in [-0.2, -0.15) is 26.3 Å². The number of aryl methyl sites for hydroxylation is 5. The van der Waals surface area contributed by atoms with Gasteiger partial charge in [-0.15, -0.1) is 0 Å². The lowest BCUT2D eigenvalue weighted by Gasteiger charge is -2.23. The van der Waals surface area contributed by atoms with Crippen LogP contribution in [0.15, 0.2) is 109 Å². The molecule has 6 aromatic rings. The van der Waals surface area contributed by atoms with E-state index >= 15 is 0 Å². The summed E-state index contributed by atoms with van der Waals surface area (Å²) in [7, 11) is 1.56. The smallest absolute Gasteiger partial charge is 0.416 e. The molecule has 0 aliphatic heterocycles. The van der Waals surface area contributed by atoms with Gasteiger partial charge in [-0.05, 0) is 141 Å². The first-order chi connectivity index (χ1) is 34.7. The lowest BCUT2D eigenvalue weighted by Crippen LogP contribution is -2.12. The van der Waals surface area contributed by atoms with E-state index in [1.807, 2.05) is 62.4 Å². The Morgan fingerprint density at radius 1 is 0.562 bits per heavy atom. The highest BCUT2D eigenvalue weighted by Crippen LogP contribution is 2.40. The predicted octanol–water partition coefficient (Wildman–Crippen LogP) is 15.8. The van der Waals surface area contributed by atoms with Crippen LogP contribution in [0.3, 0.4) is 0 Å². The number of ether oxygens (including phenoxy) is 3. The summed E-state index contributed by atoms with van der Waals surface area (Å²) in [5, 5.41) is 18.1. The van der Waals surface area contributed by atoms with Gasteiger partial charge in [0.15, 0.2) is 11.5 Å². The fraction of sp³-hybridized carbons (Fsp3) is 0.379. The number of methoxy groups -OCH3 is 1. The van der Waals surface area contributed by atoms with Gasteiger partial charge in [-0.25, -0.2) is 9.97 Å². The average molecular weight is 1020 g/mol. The van der Waals surface area contributed by atoms with E-state index in [2.05, 4.69) is 20.8 Å². The van der Waals surface area contributed by atoms with Gasteiger partial charge in [0.1, 0.15) is 18.0 Å². The van der Waals surface area contributed by atoms with Crippen LogP contribution >= 0.6 is 0 Å². The molecular formula is C58H64F6N2O7. The number of carboxylic acid groups (broad SMARTS) is 2. The molecule has 73 heavy (non-hydrogen) atoms. The van der Waals surface area contributed by atoms with Crippen molar-refractivity contribution in [3.63, 3.8) is 0 Å². The third-order valence-corrected chi connectivity index (χ3v) is 12.1. The lowest BCUT2D eigenvalue weighted by atomic mass is 10.0. The molecule has 390 valence electrons. The van der Waals surface area contributed by atoms with E-state index in [1.165, 1.54) is 24.3 Å². The summed E-state index contributed by atoms with van der Waals surface area (Å²) in [4.78, 5) is 31.5. The molecule has 0 bridgehead atoms. The van der Waals surface area contributed by atoms with Crippen molar-refractivity contribution >= 4 is 11.9 Å². The van der Waals surface area contributed by atoms with Crippen LogP contribution in [-0.2, 0) is 41.2 Å². The Morgan fingerprint density at radius 2 is 0.986 bits per heavy atom. The minimum absolute atomic E-state index is 0.0225.